The topological polar surface area (TPSA) is 88.9 Å². The van der Waals surface area contributed by atoms with Crippen molar-refractivity contribution in [2.75, 3.05) is 11.1 Å². The first-order valence-corrected chi connectivity index (χ1v) is 10.7. The Balaban J connectivity index is 1.54. The minimum absolute atomic E-state index is 0.102. The molecule has 2 amide bonds. The third-order valence-corrected chi connectivity index (χ3v) is 5.58. The lowest BCUT2D eigenvalue weighted by atomic mass is 10.0. The summed E-state index contributed by atoms with van der Waals surface area (Å²) < 4.78 is 1.78. The highest BCUT2D eigenvalue weighted by molar-refractivity contribution is 7.99. The fourth-order valence-electron chi connectivity index (χ4n) is 2.91. The van der Waals surface area contributed by atoms with Crippen molar-refractivity contribution in [3.63, 3.8) is 0 Å². The largest absolute Gasteiger partial charge is 0.345 e. The lowest BCUT2D eigenvalue weighted by Crippen LogP contribution is -2.24. The van der Waals surface area contributed by atoms with Gasteiger partial charge in [0.25, 0.3) is 5.91 Å². The Kier molecular flexibility index (Phi) is 7.24. The zero-order valence-corrected chi connectivity index (χ0v) is 18.1. The van der Waals surface area contributed by atoms with Crippen LogP contribution in [0.1, 0.15) is 41.5 Å². The van der Waals surface area contributed by atoms with E-state index in [0.29, 0.717) is 22.5 Å². The minimum atomic E-state index is -0.170. The van der Waals surface area contributed by atoms with Crippen LogP contribution in [0.5, 0.6) is 0 Å². The van der Waals surface area contributed by atoms with Crippen LogP contribution in [0.25, 0.3) is 0 Å². The molecule has 1 heterocycles. The first kappa shape index (κ1) is 21.6. The quantitative estimate of drug-likeness (QED) is 0.541. The molecular weight excluding hydrogens is 398 g/mol. The van der Waals surface area contributed by atoms with Crippen LogP contribution >= 0.6 is 11.8 Å². The highest BCUT2D eigenvalue weighted by Crippen LogP contribution is 2.24. The molecule has 3 rings (SSSR count). The molecule has 0 fully saturated rings. The summed E-state index contributed by atoms with van der Waals surface area (Å²) in [7, 11) is 1.82. The summed E-state index contributed by atoms with van der Waals surface area (Å²) in [4.78, 5) is 24.6. The molecule has 0 aliphatic rings. The molecule has 156 valence electrons. The van der Waals surface area contributed by atoms with Gasteiger partial charge in [-0.15, -0.1) is 10.2 Å². The van der Waals surface area contributed by atoms with E-state index >= 15 is 0 Å². The summed E-state index contributed by atoms with van der Waals surface area (Å²) in [6, 6.07) is 16.8. The Labute approximate surface area is 180 Å². The monoisotopic (exact) mass is 423 g/mol. The number of amides is 2. The number of hydrogen-bond donors (Lipinski definition) is 2. The zero-order valence-electron chi connectivity index (χ0n) is 17.3. The van der Waals surface area contributed by atoms with E-state index in [1.165, 1.54) is 11.8 Å². The van der Waals surface area contributed by atoms with Gasteiger partial charge >= 0.3 is 0 Å². The molecule has 30 heavy (non-hydrogen) atoms. The lowest BCUT2D eigenvalue weighted by molar-refractivity contribution is -0.113. The Morgan fingerprint density at radius 2 is 1.73 bits per heavy atom. The van der Waals surface area contributed by atoms with E-state index in [2.05, 4.69) is 34.7 Å². The Hall–Kier alpha value is -3.13. The molecular formula is C22H25N5O2S. The van der Waals surface area contributed by atoms with E-state index in [1.807, 2.05) is 49.5 Å². The first-order valence-electron chi connectivity index (χ1n) is 9.68. The number of carbonyl (C=O) groups excluding carboxylic acids is 2. The standard InChI is InChI=1S/C22H25N5O2S/c1-15(2)17-11-7-8-12-18(17)24-20(28)14-30-22-26-25-19(27(22)3)13-23-21(29)16-9-5-4-6-10-16/h4-12,15H,13-14H2,1-3H3,(H,23,29)(H,24,28). The molecule has 0 spiro atoms. The van der Waals surface area contributed by atoms with Crippen LogP contribution in [0.2, 0.25) is 0 Å². The number of para-hydroxylation sites is 1. The van der Waals surface area contributed by atoms with Crippen LogP contribution in [0.4, 0.5) is 5.69 Å². The zero-order chi connectivity index (χ0) is 21.5. The van der Waals surface area contributed by atoms with Gasteiger partial charge in [0.1, 0.15) is 0 Å². The van der Waals surface area contributed by atoms with Crippen LogP contribution in [-0.2, 0) is 18.4 Å². The van der Waals surface area contributed by atoms with Crippen LogP contribution in [0, 0.1) is 0 Å². The highest BCUT2D eigenvalue weighted by atomic mass is 32.2. The van der Waals surface area contributed by atoms with Gasteiger partial charge in [0.15, 0.2) is 11.0 Å². The highest BCUT2D eigenvalue weighted by Gasteiger charge is 2.14. The Morgan fingerprint density at radius 3 is 2.47 bits per heavy atom. The average Bonchev–Trinajstić information content (AvgIpc) is 3.10. The van der Waals surface area contributed by atoms with Crippen molar-refractivity contribution in [3.05, 3.63) is 71.5 Å². The number of rotatable bonds is 8. The van der Waals surface area contributed by atoms with Gasteiger partial charge in [-0.05, 0) is 29.7 Å². The van der Waals surface area contributed by atoms with Crippen LogP contribution in [-0.4, -0.2) is 32.3 Å². The minimum Gasteiger partial charge on any atom is -0.345 e. The molecule has 1 aromatic heterocycles. The van der Waals surface area contributed by atoms with Gasteiger partial charge in [0, 0.05) is 18.3 Å². The van der Waals surface area contributed by atoms with Crippen molar-refractivity contribution < 1.29 is 9.59 Å². The molecule has 2 N–H and O–H groups in total. The Morgan fingerprint density at radius 1 is 1.03 bits per heavy atom. The second kappa shape index (κ2) is 10.1. The molecule has 2 aromatic carbocycles. The second-order valence-electron chi connectivity index (χ2n) is 7.09. The maximum atomic E-state index is 12.4. The molecule has 8 heteroatoms. The van der Waals surface area contributed by atoms with E-state index < -0.39 is 0 Å². The second-order valence-corrected chi connectivity index (χ2v) is 8.03. The molecule has 0 saturated heterocycles. The van der Waals surface area contributed by atoms with Crippen molar-refractivity contribution in [3.8, 4) is 0 Å². The van der Waals surface area contributed by atoms with Crippen LogP contribution in [0.3, 0.4) is 0 Å². The summed E-state index contributed by atoms with van der Waals surface area (Å²) in [6.45, 7) is 4.44. The molecule has 0 bridgehead atoms. The average molecular weight is 424 g/mol. The van der Waals surface area contributed by atoms with Crippen LogP contribution in [0.15, 0.2) is 59.8 Å². The summed E-state index contributed by atoms with van der Waals surface area (Å²) in [6.07, 6.45) is 0. The van der Waals surface area contributed by atoms with Gasteiger partial charge in [-0.25, -0.2) is 0 Å². The number of thioether (sulfide) groups is 1. The van der Waals surface area contributed by atoms with E-state index in [4.69, 9.17) is 0 Å². The molecule has 0 aliphatic carbocycles. The first-order chi connectivity index (χ1) is 14.5. The number of carbonyl (C=O) groups is 2. The summed E-state index contributed by atoms with van der Waals surface area (Å²) in [5, 5.41) is 14.7. The van der Waals surface area contributed by atoms with Crippen molar-refractivity contribution in [1.82, 2.24) is 20.1 Å². The molecule has 0 atom stereocenters. The lowest BCUT2D eigenvalue weighted by Gasteiger charge is -2.13. The van der Waals surface area contributed by atoms with Gasteiger partial charge in [-0.3, -0.25) is 9.59 Å². The number of aromatic nitrogens is 3. The van der Waals surface area contributed by atoms with Gasteiger partial charge in [-0.1, -0.05) is 62.0 Å². The predicted octanol–water partition coefficient (Wildman–Crippen LogP) is 3.60. The maximum absolute atomic E-state index is 12.4. The number of anilines is 1. The fraction of sp³-hybridized carbons (Fsp3) is 0.273. The SMILES string of the molecule is CC(C)c1ccccc1NC(=O)CSc1nnc(CNC(=O)c2ccccc2)n1C. The third kappa shape index (κ3) is 5.48. The Bertz CT molecular complexity index is 1020. The predicted molar refractivity (Wildman–Crippen MR) is 118 cm³/mol. The smallest absolute Gasteiger partial charge is 0.251 e. The third-order valence-electron chi connectivity index (χ3n) is 4.56. The maximum Gasteiger partial charge on any atom is 0.251 e. The normalized spacial score (nSPS) is 10.8. The van der Waals surface area contributed by atoms with E-state index in [-0.39, 0.29) is 24.1 Å². The van der Waals surface area contributed by atoms with Gasteiger partial charge in [-0.2, -0.15) is 0 Å². The molecule has 0 aliphatic heterocycles. The van der Waals surface area contributed by atoms with Crippen molar-refractivity contribution in [2.24, 2.45) is 7.05 Å². The van der Waals surface area contributed by atoms with Crippen molar-refractivity contribution >= 4 is 29.3 Å². The van der Waals surface area contributed by atoms with Gasteiger partial charge in [0.2, 0.25) is 5.91 Å². The number of benzene rings is 2. The van der Waals surface area contributed by atoms with Crippen molar-refractivity contribution in [2.45, 2.75) is 31.5 Å². The summed E-state index contributed by atoms with van der Waals surface area (Å²) in [5.74, 6) is 0.884. The number of nitrogens with zero attached hydrogens (tertiary/aromatic N) is 3. The van der Waals surface area contributed by atoms with E-state index in [0.717, 1.165) is 11.3 Å². The number of nitrogens with one attached hydrogen (secondary N) is 2. The fourth-order valence-corrected chi connectivity index (χ4v) is 3.64. The van der Waals surface area contributed by atoms with Crippen molar-refractivity contribution in [1.29, 1.82) is 0 Å². The van der Waals surface area contributed by atoms with Gasteiger partial charge < -0.3 is 15.2 Å². The molecule has 7 nitrogen and oxygen atoms in total. The summed E-state index contributed by atoms with van der Waals surface area (Å²) in [5.41, 5.74) is 2.53. The van der Waals surface area contributed by atoms with Crippen LogP contribution < -0.4 is 10.6 Å². The molecule has 0 saturated carbocycles. The summed E-state index contributed by atoms with van der Waals surface area (Å²) >= 11 is 1.30. The van der Waals surface area contributed by atoms with E-state index in [9.17, 15) is 9.59 Å². The number of hydrogen-bond acceptors (Lipinski definition) is 5. The molecule has 0 unspecified atom stereocenters. The molecule has 3 aromatic rings. The van der Waals surface area contributed by atoms with E-state index in [1.54, 1.807) is 16.7 Å². The van der Waals surface area contributed by atoms with Gasteiger partial charge in [0.05, 0.1) is 12.3 Å². The molecule has 0 radical (unpaired) electrons.